The van der Waals surface area contributed by atoms with E-state index < -0.39 is 0 Å². The van der Waals surface area contributed by atoms with Crippen molar-refractivity contribution in [3.63, 3.8) is 0 Å². The molecule has 20 heavy (non-hydrogen) atoms. The Morgan fingerprint density at radius 1 is 1.40 bits per heavy atom. The Morgan fingerprint density at radius 2 is 2.15 bits per heavy atom. The molecule has 112 valence electrons. The van der Waals surface area contributed by atoms with Gasteiger partial charge in [0.1, 0.15) is 0 Å². The molecule has 0 spiro atoms. The fraction of sp³-hybridized carbons (Fsp3) is 0.625. The molecule has 0 saturated carbocycles. The lowest BCUT2D eigenvalue weighted by atomic mass is 9.86. The van der Waals surface area contributed by atoms with Gasteiger partial charge in [-0.2, -0.15) is 0 Å². The predicted octanol–water partition coefficient (Wildman–Crippen LogP) is 3.05. The molecule has 3 atom stereocenters. The van der Waals surface area contributed by atoms with Gasteiger partial charge in [-0.05, 0) is 37.9 Å². The van der Waals surface area contributed by atoms with Crippen LogP contribution < -0.4 is 15.0 Å². The molecule has 1 saturated heterocycles. The molecule has 1 fully saturated rings. The zero-order chi connectivity index (χ0) is 14.7. The van der Waals surface area contributed by atoms with Crippen LogP contribution in [0.3, 0.4) is 0 Å². The van der Waals surface area contributed by atoms with Gasteiger partial charge in [0, 0.05) is 30.4 Å². The maximum absolute atomic E-state index is 13.5. The highest BCUT2D eigenvalue weighted by molar-refractivity contribution is 5.52. The number of benzene rings is 1. The molecule has 1 aromatic rings. The first-order valence-corrected chi connectivity index (χ1v) is 7.42. The van der Waals surface area contributed by atoms with E-state index >= 15 is 0 Å². The second-order valence-corrected chi connectivity index (χ2v) is 5.56. The third-order valence-corrected chi connectivity index (χ3v) is 4.50. The second kappa shape index (κ2) is 6.44. The molecule has 3 unspecified atom stereocenters. The van der Waals surface area contributed by atoms with Gasteiger partial charge < -0.3 is 15.0 Å². The van der Waals surface area contributed by atoms with Gasteiger partial charge in [-0.15, -0.1) is 0 Å². The Labute approximate surface area is 121 Å². The van der Waals surface area contributed by atoms with E-state index in [9.17, 15) is 4.39 Å². The van der Waals surface area contributed by atoms with Crippen molar-refractivity contribution in [1.82, 2.24) is 5.32 Å². The molecule has 2 rings (SSSR count). The van der Waals surface area contributed by atoms with Crippen molar-refractivity contribution in [2.75, 3.05) is 25.1 Å². The summed E-state index contributed by atoms with van der Waals surface area (Å²) in [5.41, 5.74) is 1.04. The summed E-state index contributed by atoms with van der Waals surface area (Å²) in [4.78, 5) is 2.35. The summed E-state index contributed by atoms with van der Waals surface area (Å²) in [7, 11) is 1.51. The van der Waals surface area contributed by atoms with E-state index in [1.807, 2.05) is 6.07 Å². The Hall–Kier alpha value is -1.29. The first-order valence-electron chi connectivity index (χ1n) is 7.42. The molecule has 0 aromatic heterocycles. The molecule has 1 aromatic carbocycles. The lowest BCUT2D eigenvalue weighted by Crippen LogP contribution is -2.53. The molecule has 1 aliphatic heterocycles. The van der Waals surface area contributed by atoms with Crippen molar-refractivity contribution < 1.29 is 9.13 Å². The van der Waals surface area contributed by atoms with E-state index in [4.69, 9.17) is 4.74 Å². The predicted molar refractivity (Wildman–Crippen MR) is 81.0 cm³/mol. The summed E-state index contributed by atoms with van der Waals surface area (Å²) in [6.07, 6.45) is 1.11. The third kappa shape index (κ3) is 2.90. The van der Waals surface area contributed by atoms with Gasteiger partial charge >= 0.3 is 0 Å². The fourth-order valence-corrected chi connectivity index (χ4v) is 3.11. The molecular formula is C16H25FN2O. The molecule has 4 heteroatoms. The van der Waals surface area contributed by atoms with E-state index in [-0.39, 0.29) is 5.82 Å². The van der Waals surface area contributed by atoms with Crippen molar-refractivity contribution >= 4 is 5.69 Å². The quantitative estimate of drug-likeness (QED) is 0.917. The number of nitrogens with one attached hydrogen (secondary N) is 1. The second-order valence-electron chi connectivity index (χ2n) is 5.56. The van der Waals surface area contributed by atoms with Crippen LogP contribution in [0.1, 0.15) is 27.2 Å². The van der Waals surface area contributed by atoms with Gasteiger partial charge in [0.15, 0.2) is 11.6 Å². The van der Waals surface area contributed by atoms with E-state index in [1.165, 1.54) is 13.2 Å². The van der Waals surface area contributed by atoms with Gasteiger partial charge in [-0.1, -0.05) is 13.8 Å². The minimum atomic E-state index is -0.306. The van der Waals surface area contributed by atoms with Crippen LogP contribution in [0.25, 0.3) is 0 Å². The number of piperidine rings is 1. The zero-order valence-electron chi connectivity index (χ0n) is 12.8. The lowest BCUT2D eigenvalue weighted by Gasteiger charge is -2.44. The summed E-state index contributed by atoms with van der Waals surface area (Å²) < 4.78 is 18.6. The lowest BCUT2D eigenvalue weighted by molar-refractivity contribution is 0.274. The largest absolute Gasteiger partial charge is 0.494 e. The molecule has 3 nitrogen and oxygen atoms in total. The number of rotatable bonds is 4. The van der Waals surface area contributed by atoms with Crippen LogP contribution in [-0.2, 0) is 0 Å². The van der Waals surface area contributed by atoms with Crippen molar-refractivity contribution in [2.24, 2.45) is 5.92 Å². The van der Waals surface area contributed by atoms with E-state index in [0.717, 1.165) is 25.2 Å². The normalized spacial score (nSPS) is 26.6. The van der Waals surface area contributed by atoms with Crippen LogP contribution in [-0.4, -0.2) is 32.3 Å². The maximum Gasteiger partial charge on any atom is 0.165 e. The number of anilines is 1. The summed E-state index contributed by atoms with van der Waals surface area (Å²) in [6, 6.07) is 6.11. The van der Waals surface area contributed by atoms with Gasteiger partial charge in [0.05, 0.1) is 7.11 Å². The molecule has 1 heterocycles. The third-order valence-electron chi connectivity index (χ3n) is 4.50. The number of hydrogen-bond donors (Lipinski definition) is 1. The van der Waals surface area contributed by atoms with Crippen LogP contribution in [0.5, 0.6) is 5.75 Å². The van der Waals surface area contributed by atoms with Crippen LogP contribution in [0.15, 0.2) is 18.2 Å². The summed E-state index contributed by atoms with van der Waals surface area (Å²) >= 11 is 0. The smallest absolute Gasteiger partial charge is 0.165 e. The maximum atomic E-state index is 13.5. The van der Waals surface area contributed by atoms with Gasteiger partial charge in [0.25, 0.3) is 0 Å². The van der Waals surface area contributed by atoms with E-state index in [0.29, 0.717) is 23.8 Å². The fourth-order valence-electron chi connectivity index (χ4n) is 3.11. The Bertz CT molecular complexity index is 452. The molecule has 0 amide bonds. The van der Waals surface area contributed by atoms with Crippen LogP contribution in [0, 0.1) is 11.7 Å². The molecule has 0 aliphatic carbocycles. The Kier molecular flexibility index (Phi) is 4.86. The topological polar surface area (TPSA) is 24.5 Å². The first-order chi connectivity index (χ1) is 9.58. The minimum Gasteiger partial charge on any atom is -0.494 e. The highest BCUT2D eigenvalue weighted by Crippen LogP contribution is 2.31. The summed E-state index contributed by atoms with van der Waals surface area (Å²) in [5.74, 6) is 0.565. The van der Waals surface area contributed by atoms with Crippen LogP contribution in [0.4, 0.5) is 10.1 Å². The SMILES string of the molecule is CCNC1CCN(c2ccc(F)c(OC)c2)C(C)C1C. The number of halogens is 1. The minimum absolute atomic E-state index is 0.306. The monoisotopic (exact) mass is 280 g/mol. The number of hydrogen-bond acceptors (Lipinski definition) is 3. The average molecular weight is 280 g/mol. The van der Waals surface area contributed by atoms with Gasteiger partial charge in [-0.25, -0.2) is 4.39 Å². The highest BCUT2D eigenvalue weighted by Gasteiger charge is 2.32. The molecule has 0 bridgehead atoms. The molecular weight excluding hydrogens is 255 g/mol. The van der Waals surface area contributed by atoms with E-state index in [1.54, 1.807) is 6.07 Å². The average Bonchev–Trinajstić information content (AvgIpc) is 2.45. The molecule has 1 N–H and O–H groups in total. The van der Waals surface area contributed by atoms with Gasteiger partial charge in [-0.3, -0.25) is 0 Å². The first kappa shape index (κ1) is 15.1. The van der Waals surface area contributed by atoms with Crippen LogP contribution in [0.2, 0.25) is 0 Å². The van der Waals surface area contributed by atoms with Crippen molar-refractivity contribution in [1.29, 1.82) is 0 Å². The standard InChI is InChI=1S/C16H25FN2O/c1-5-18-15-8-9-19(12(3)11(15)2)13-6-7-14(17)16(10-13)20-4/h6-7,10-12,15,18H,5,8-9H2,1-4H3. The molecule has 0 radical (unpaired) electrons. The van der Waals surface area contributed by atoms with Crippen molar-refractivity contribution in [2.45, 2.75) is 39.3 Å². The summed E-state index contributed by atoms with van der Waals surface area (Å²) in [6.45, 7) is 8.66. The highest BCUT2D eigenvalue weighted by atomic mass is 19.1. The molecule has 1 aliphatic rings. The number of methoxy groups -OCH3 is 1. The zero-order valence-corrected chi connectivity index (χ0v) is 12.8. The van der Waals surface area contributed by atoms with E-state index in [2.05, 4.69) is 31.0 Å². The number of nitrogens with zero attached hydrogens (tertiary/aromatic N) is 1. The Balaban J connectivity index is 2.17. The van der Waals surface area contributed by atoms with Gasteiger partial charge in [0.2, 0.25) is 0 Å². The van der Waals surface area contributed by atoms with Crippen molar-refractivity contribution in [3.8, 4) is 5.75 Å². The number of ether oxygens (including phenoxy) is 1. The van der Waals surface area contributed by atoms with Crippen LogP contribution >= 0.6 is 0 Å². The van der Waals surface area contributed by atoms with Crippen molar-refractivity contribution in [3.05, 3.63) is 24.0 Å². The summed E-state index contributed by atoms with van der Waals surface area (Å²) in [5, 5.41) is 3.56. The Morgan fingerprint density at radius 3 is 2.80 bits per heavy atom.